The average Bonchev–Trinajstić information content (AvgIpc) is 3.59. The molecule has 0 amide bonds. The van der Waals surface area contributed by atoms with E-state index in [1.807, 2.05) is 22.5 Å². The molecule has 1 aromatic heterocycles. The van der Waals surface area contributed by atoms with Gasteiger partial charge in [-0.3, -0.25) is 4.90 Å². The summed E-state index contributed by atoms with van der Waals surface area (Å²) in [6.07, 6.45) is 8.49. The van der Waals surface area contributed by atoms with E-state index in [0.717, 1.165) is 57.4 Å². The predicted octanol–water partition coefficient (Wildman–Crippen LogP) is 3.79. The molecule has 1 saturated carbocycles. The van der Waals surface area contributed by atoms with Gasteiger partial charge >= 0.3 is 0 Å². The lowest BCUT2D eigenvalue weighted by Crippen LogP contribution is -2.47. The largest absolute Gasteiger partial charge is 0.338 e. The molecule has 5 rings (SSSR count). The minimum absolute atomic E-state index is 0.0970. The highest BCUT2D eigenvalue weighted by molar-refractivity contribution is 7.89. The van der Waals surface area contributed by atoms with Crippen LogP contribution in [0.4, 0.5) is 0 Å². The zero-order valence-electron chi connectivity index (χ0n) is 18.0. The van der Waals surface area contributed by atoms with Gasteiger partial charge < -0.3 is 4.52 Å². The molecule has 0 bridgehead atoms. The molecule has 8 heteroatoms. The van der Waals surface area contributed by atoms with Crippen LogP contribution in [0, 0.1) is 5.92 Å². The third kappa shape index (κ3) is 4.71. The SMILES string of the molecule is O=S(=O)(c1ccccc1)N1CCCCCC1C1CCN(Cc2nc(C3CC3)no2)CC1. The molecule has 1 aliphatic carbocycles. The Hall–Kier alpha value is -1.77. The number of piperidine rings is 1. The molecule has 7 nitrogen and oxygen atoms in total. The van der Waals surface area contributed by atoms with Crippen molar-refractivity contribution in [1.29, 1.82) is 0 Å². The quantitative estimate of drug-likeness (QED) is 0.674. The second-order valence-electron chi connectivity index (χ2n) is 9.28. The molecular weight excluding hydrogens is 412 g/mol. The van der Waals surface area contributed by atoms with Crippen molar-refractivity contribution in [3.63, 3.8) is 0 Å². The van der Waals surface area contributed by atoms with Crippen LogP contribution in [0.3, 0.4) is 0 Å². The Balaban J connectivity index is 1.25. The van der Waals surface area contributed by atoms with Gasteiger partial charge in [0.15, 0.2) is 5.82 Å². The second-order valence-corrected chi connectivity index (χ2v) is 11.2. The third-order valence-corrected chi connectivity index (χ3v) is 9.00. The predicted molar refractivity (Wildman–Crippen MR) is 117 cm³/mol. The van der Waals surface area contributed by atoms with Gasteiger partial charge in [0.05, 0.1) is 11.4 Å². The first-order valence-electron chi connectivity index (χ1n) is 11.7. The molecule has 31 heavy (non-hydrogen) atoms. The van der Waals surface area contributed by atoms with Crippen LogP contribution in [0.15, 0.2) is 39.8 Å². The number of hydrogen-bond acceptors (Lipinski definition) is 6. The summed E-state index contributed by atoms with van der Waals surface area (Å²) in [5, 5.41) is 4.12. The number of likely N-dealkylation sites (tertiary alicyclic amines) is 1. The number of nitrogens with zero attached hydrogens (tertiary/aromatic N) is 4. The molecule has 2 aromatic rings. The van der Waals surface area contributed by atoms with Gasteiger partial charge in [0.2, 0.25) is 15.9 Å². The maximum Gasteiger partial charge on any atom is 0.243 e. The standard InChI is InChI=1S/C23H32N4O3S/c28-31(29,20-7-3-1-4-8-20)27-14-6-2-5-9-21(27)18-12-15-26(16-13-18)17-22-24-23(25-30-22)19-10-11-19/h1,3-4,7-8,18-19,21H,2,5-6,9-17H2. The topological polar surface area (TPSA) is 79.5 Å². The smallest absolute Gasteiger partial charge is 0.243 e. The monoisotopic (exact) mass is 444 g/mol. The van der Waals surface area contributed by atoms with E-state index < -0.39 is 10.0 Å². The molecule has 1 atom stereocenters. The number of hydrogen-bond donors (Lipinski definition) is 0. The average molecular weight is 445 g/mol. The Morgan fingerprint density at radius 1 is 0.935 bits per heavy atom. The van der Waals surface area contributed by atoms with Gasteiger partial charge in [0.25, 0.3) is 0 Å². The molecule has 0 N–H and O–H groups in total. The summed E-state index contributed by atoms with van der Waals surface area (Å²) in [4.78, 5) is 7.35. The maximum atomic E-state index is 13.4. The maximum absolute atomic E-state index is 13.4. The van der Waals surface area contributed by atoms with Gasteiger partial charge in [-0.25, -0.2) is 8.42 Å². The Labute approximate surface area is 184 Å². The van der Waals surface area contributed by atoms with Crippen molar-refractivity contribution in [1.82, 2.24) is 19.3 Å². The number of rotatable bonds is 6. The lowest BCUT2D eigenvalue weighted by atomic mass is 9.87. The summed E-state index contributed by atoms with van der Waals surface area (Å²) in [7, 11) is -3.46. The number of sulfonamides is 1. The van der Waals surface area contributed by atoms with E-state index in [0.29, 0.717) is 35.7 Å². The van der Waals surface area contributed by atoms with Crippen LogP contribution in [0.2, 0.25) is 0 Å². The number of benzene rings is 1. The van der Waals surface area contributed by atoms with Crippen LogP contribution in [0.5, 0.6) is 0 Å². The molecule has 0 spiro atoms. The van der Waals surface area contributed by atoms with Crippen molar-refractivity contribution in [2.24, 2.45) is 5.92 Å². The fourth-order valence-electron chi connectivity index (χ4n) is 5.13. The molecule has 2 saturated heterocycles. The minimum atomic E-state index is -3.46. The van der Waals surface area contributed by atoms with Crippen LogP contribution < -0.4 is 0 Å². The van der Waals surface area contributed by atoms with Crippen LogP contribution in [0.1, 0.15) is 69.0 Å². The normalized spacial score (nSPS) is 24.8. The Morgan fingerprint density at radius 3 is 2.45 bits per heavy atom. The highest BCUT2D eigenvalue weighted by Crippen LogP contribution is 2.38. The van der Waals surface area contributed by atoms with E-state index in [1.165, 1.54) is 12.8 Å². The summed E-state index contributed by atoms with van der Waals surface area (Å²) >= 11 is 0. The molecule has 3 fully saturated rings. The summed E-state index contributed by atoms with van der Waals surface area (Å²) in [6, 6.07) is 9.03. The van der Waals surface area contributed by atoms with Gasteiger partial charge in [-0.2, -0.15) is 9.29 Å². The van der Waals surface area contributed by atoms with Gasteiger partial charge in [0.1, 0.15) is 0 Å². The molecule has 1 unspecified atom stereocenters. The first-order chi connectivity index (χ1) is 15.1. The van der Waals surface area contributed by atoms with Gasteiger partial charge in [-0.05, 0) is 69.7 Å². The van der Waals surface area contributed by atoms with E-state index in [2.05, 4.69) is 15.0 Å². The summed E-state index contributed by atoms with van der Waals surface area (Å²) in [5.41, 5.74) is 0. The van der Waals surface area contributed by atoms with E-state index in [9.17, 15) is 8.42 Å². The Bertz CT molecular complexity index is 966. The van der Waals surface area contributed by atoms with Crippen LogP contribution in [-0.4, -0.2) is 53.4 Å². The van der Waals surface area contributed by atoms with Crippen molar-refractivity contribution in [3.8, 4) is 0 Å². The molecular formula is C23H32N4O3S. The van der Waals surface area contributed by atoms with Crippen molar-refractivity contribution in [2.75, 3.05) is 19.6 Å². The summed E-state index contributed by atoms with van der Waals surface area (Å²) < 4.78 is 34.2. The highest BCUT2D eigenvalue weighted by atomic mass is 32.2. The van der Waals surface area contributed by atoms with Crippen molar-refractivity contribution in [2.45, 2.75) is 74.8 Å². The molecule has 3 aliphatic rings. The van der Waals surface area contributed by atoms with Crippen molar-refractivity contribution >= 4 is 10.0 Å². The van der Waals surface area contributed by atoms with Gasteiger partial charge in [0, 0.05) is 18.5 Å². The van der Waals surface area contributed by atoms with Gasteiger partial charge in [-0.15, -0.1) is 0 Å². The lowest BCUT2D eigenvalue weighted by Gasteiger charge is -2.39. The van der Waals surface area contributed by atoms with E-state index >= 15 is 0 Å². The minimum Gasteiger partial charge on any atom is -0.338 e. The van der Waals surface area contributed by atoms with E-state index in [4.69, 9.17) is 4.52 Å². The Kier molecular flexibility index (Phi) is 6.12. The molecule has 2 aliphatic heterocycles. The fourth-order valence-corrected chi connectivity index (χ4v) is 6.91. The zero-order valence-corrected chi connectivity index (χ0v) is 18.8. The highest BCUT2D eigenvalue weighted by Gasteiger charge is 2.38. The third-order valence-electron chi connectivity index (χ3n) is 7.06. The molecule has 0 radical (unpaired) electrons. The number of aromatic nitrogens is 2. The fraction of sp³-hybridized carbons (Fsp3) is 0.652. The second kappa shape index (κ2) is 9.00. The van der Waals surface area contributed by atoms with Crippen LogP contribution >= 0.6 is 0 Å². The summed E-state index contributed by atoms with van der Waals surface area (Å²) in [5.74, 6) is 2.49. The zero-order chi connectivity index (χ0) is 21.3. The molecule has 168 valence electrons. The van der Waals surface area contributed by atoms with E-state index in [1.54, 1.807) is 12.1 Å². The van der Waals surface area contributed by atoms with Crippen LogP contribution in [0.25, 0.3) is 0 Å². The molecule has 1 aromatic carbocycles. The van der Waals surface area contributed by atoms with Crippen molar-refractivity contribution in [3.05, 3.63) is 42.0 Å². The Morgan fingerprint density at radius 2 is 1.71 bits per heavy atom. The molecule has 3 heterocycles. The first kappa shape index (κ1) is 21.1. The first-order valence-corrected chi connectivity index (χ1v) is 13.2. The lowest BCUT2D eigenvalue weighted by molar-refractivity contribution is 0.115. The van der Waals surface area contributed by atoms with E-state index in [-0.39, 0.29) is 6.04 Å². The van der Waals surface area contributed by atoms with Crippen LogP contribution in [-0.2, 0) is 16.6 Å². The summed E-state index contributed by atoms with van der Waals surface area (Å²) in [6.45, 7) is 3.22. The van der Waals surface area contributed by atoms with Gasteiger partial charge in [-0.1, -0.05) is 36.2 Å². The van der Waals surface area contributed by atoms with Crippen molar-refractivity contribution < 1.29 is 12.9 Å².